The highest BCUT2D eigenvalue weighted by atomic mass is 16.5. The largest absolute Gasteiger partial charge is 0.497 e. The Hall–Kier alpha value is -3.87. The van der Waals surface area contributed by atoms with Gasteiger partial charge in [-0.25, -0.2) is 9.97 Å². The fourth-order valence-corrected chi connectivity index (χ4v) is 2.95. The maximum atomic E-state index is 12.9. The lowest BCUT2D eigenvalue weighted by Crippen LogP contribution is -2.14. The van der Waals surface area contributed by atoms with E-state index in [0.29, 0.717) is 28.5 Å². The van der Waals surface area contributed by atoms with Crippen LogP contribution in [0.15, 0.2) is 67.1 Å². The molecule has 7 heteroatoms. The van der Waals surface area contributed by atoms with Gasteiger partial charge in [0, 0.05) is 30.2 Å². The number of benzene rings is 2. The van der Waals surface area contributed by atoms with E-state index in [4.69, 9.17) is 9.47 Å². The van der Waals surface area contributed by atoms with Crippen LogP contribution in [0, 0.1) is 0 Å². The summed E-state index contributed by atoms with van der Waals surface area (Å²) in [5.74, 6) is 1.36. The number of hydrogen-bond donors (Lipinski definition) is 1. The molecule has 140 valence electrons. The number of methoxy groups -OCH3 is 2. The van der Waals surface area contributed by atoms with Crippen LogP contribution in [0.3, 0.4) is 0 Å². The Kier molecular flexibility index (Phi) is 4.63. The number of carbonyl (C=O) groups excluding carboxylic acids is 1. The van der Waals surface area contributed by atoms with Crippen LogP contribution in [0.2, 0.25) is 0 Å². The van der Waals surface area contributed by atoms with Crippen LogP contribution in [0.5, 0.6) is 11.5 Å². The molecule has 0 saturated carbocycles. The zero-order valence-electron chi connectivity index (χ0n) is 15.4. The van der Waals surface area contributed by atoms with Crippen molar-refractivity contribution in [3.8, 4) is 22.8 Å². The van der Waals surface area contributed by atoms with Crippen molar-refractivity contribution >= 4 is 17.4 Å². The molecule has 1 amide bonds. The summed E-state index contributed by atoms with van der Waals surface area (Å²) < 4.78 is 12.4. The molecule has 0 atom stereocenters. The fourth-order valence-electron chi connectivity index (χ4n) is 2.95. The van der Waals surface area contributed by atoms with E-state index in [1.807, 2.05) is 47.1 Å². The van der Waals surface area contributed by atoms with E-state index in [9.17, 15) is 4.79 Å². The van der Waals surface area contributed by atoms with Gasteiger partial charge in [-0.1, -0.05) is 18.2 Å². The average molecular weight is 374 g/mol. The quantitative estimate of drug-likeness (QED) is 0.577. The Balaban J connectivity index is 1.69. The van der Waals surface area contributed by atoms with E-state index < -0.39 is 0 Å². The number of fused-ring (bicyclic) bond motifs is 1. The molecule has 0 saturated heterocycles. The third kappa shape index (κ3) is 3.25. The summed E-state index contributed by atoms with van der Waals surface area (Å²) in [5.41, 5.74) is 2.58. The normalized spacial score (nSPS) is 10.6. The van der Waals surface area contributed by atoms with Crippen molar-refractivity contribution in [2.75, 3.05) is 19.5 Å². The molecule has 7 nitrogen and oxygen atoms in total. The molecule has 2 aromatic heterocycles. The molecule has 4 rings (SSSR count). The fraction of sp³-hybridized carbons (Fsp3) is 0.0952. The first kappa shape index (κ1) is 17.5. The Morgan fingerprint density at radius 2 is 1.93 bits per heavy atom. The topological polar surface area (TPSA) is 77.8 Å². The molecule has 4 aromatic rings. The van der Waals surface area contributed by atoms with Crippen molar-refractivity contribution in [3.63, 3.8) is 0 Å². The minimum atomic E-state index is -0.283. The molecule has 0 radical (unpaired) electrons. The highest BCUT2D eigenvalue weighted by Crippen LogP contribution is 2.29. The average Bonchev–Trinajstić information content (AvgIpc) is 3.17. The molecule has 0 aliphatic rings. The van der Waals surface area contributed by atoms with Gasteiger partial charge in [0.1, 0.15) is 11.5 Å². The molecule has 0 aliphatic carbocycles. The summed E-state index contributed by atoms with van der Waals surface area (Å²) in [6, 6.07) is 14.4. The number of nitrogens with one attached hydrogen (secondary N) is 1. The van der Waals surface area contributed by atoms with E-state index in [1.54, 1.807) is 31.5 Å². The Morgan fingerprint density at radius 3 is 2.71 bits per heavy atom. The monoisotopic (exact) mass is 374 g/mol. The second-order valence-electron chi connectivity index (χ2n) is 6.02. The van der Waals surface area contributed by atoms with Crippen molar-refractivity contribution in [1.82, 2.24) is 14.4 Å². The lowest BCUT2D eigenvalue weighted by molar-refractivity contribution is 0.102. The van der Waals surface area contributed by atoms with E-state index in [1.165, 1.54) is 7.11 Å². The lowest BCUT2D eigenvalue weighted by Gasteiger charge is -2.12. The maximum Gasteiger partial charge on any atom is 0.259 e. The lowest BCUT2D eigenvalue weighted by atomic mass is 10.1. The summed E-state index contributed by atoms with van der Waals surface area (Å²) in [6.45, 7) is 0. The molecule has 2 aromatic carbocycles. The predicted octanol–water partition coefficient (Wildman–Crippen LogP) is 3.67. The highest BCUT2D eigenvalue weighted by molar-refractivity contribution is 6.08. The number of carbonyl (C=O) groups is 1. The number of anilines is 1. The standard InChI is InChI=1S/C21H18N4O3/c1-27-14-8-9-16(19(12-14)28-2)20(26)23-17-7-4-3-6-15(17)18-13-25-11-5-10-22-21(25)24-18/h3-13H,1-2H3,(H,23,26). The number of para-hydroxylation sites is 1. The summed E-state index contributed by atoms with van der Waals surface area (Å²) in [6.07, 6.45) is 5.44. The van der Waals surface area contributed by atoms with Gasteiger partial charge < -0.3 is 14.8 Å². The number of aromatic nitrogens is 3. The molecular formula is C21H18N4O3. The molecule has 0 aliphatic heterocycles. The van der Waals surface area contributed by atoms with Gasteiger partial charge in [0.15, 0.2) is 0 Å². The first-order chi connectivity index (χ1) is 13.7. The zero-order chi connectivity index (χ0) is 19.5. The molecule has 0 unspecified atom stereocenters. The SMILES string of the molecule is COc1ccc(C(=O)Nc2ccccc2-c2cn3cccnc3n2)c(OC)c1. The highest BCUT2D eigenvalue weighted by Gasteiger charge is 2.16. The Morgan fingerprint density at radius 1 is 1.07 bits per heavy atom. The van der Waals surface area contributed by atoms with Crippen LogP contribution >= 0.6 is 0 Å². The third-order valence-corrected chi connectivity index (χ3v) is 4.34. The molecule has 0 bridgehead atoms. The predicted molar refractivity (Wildman–Crippen MR) is 106 cm³/mol. The number of rotatable bonds is 5. The second kappa shape index (κ2) is 7.40. The van der Waals surface area contributed by atoms with Crippen LogP contribution in [0.4, 0.5) is 5.69 Å². The van der Waals surface area contributed by atoms with Gasteiger partial charge in [0.2, 0.25) is 5.78 Å². The molecular weight excluding hydrogens is 356 g/mol. The van der Waals surface area contributed by atoms with Crippen LogP contribution in [0.1, 0.15) is 10.4 Å². The van der Waals surface area contributed by atoms with Crippen molar-refractivity contribution in [3.05, 3.63) is 72.7 Å². The number of hydrogen-bond acceptors (Lipinski definition) is 5. The van der Waals surface area contributed by atoms with Crippen LogP contribution in [-0.4, -0.2) is 34.5 Å². The first-order valence-electron chi connectivity index (χ1n) is 8.62. The smallest absolute Gasteiger partial charge is 0.259 e. The Bertz CT molecular complexity index is 1120. The van der Waals surface area contributed by atoms with Crippen LogP contribution in [0.25, 0.3) is 17.0 Å². The van der Waals surface area contributed by atoms with Gasteiger partial charge in [0.05, 0.1) is 31.2 Å². The van der Waals surface area contributed by atoms with E-state index in [-0.39, 0.29) is 5.91 Å². The summed E-state index contributed by atoms with van der Waals surface area (Å²) in [7, 11) is 3.08. The third-order valence-electron chi connectivity index (χ3n) is 4.34. The number of nitrogens with zero attached hydrogens (tertiary/aromatic N) is 3. The zero-order valence-corrected chi connectivity index (χ0v) is 15.4. The number of amides is 1. The Labute approximate surface area is 161 Å². The minimum Gasteiger partial charge on any atom is -0.497 e. The van der Waals surface area contributed by atoms with Gasteiger partial charge in [-0.2, -0.15) is 0 Å². The summed E-state index contributed by atoms with van der Waals surface area (Å²) >= 11 is 0. The van der Waals surface area contributed by atoms with Gasteiger partial charge in [-0.15, -0.1) is 0 Å². The molecule has 0 spiro atoms. The van der Waals surface area contributed by atoms with E-state index in [2.05, 4.69) is 15.3 Å². The maximum absolute atomic E-state index is 12.9. The van der Waals surface area contributed by atoms with Crippen molar-refractivity contribution in [2.24, 2.45) is 0 Å². The van der Waals surface area contributed by atoms with Crippen molar-refractivity contribution in [1.29, 1.82) is 0 Å². The summed E-state index contributed by atoms with van der Waals surface area (Å²) in [5, 5.41) is 2.95. The van der Waals surface area contributed by atoms with Gasteiger partial charge >= 0.3 is 0 Å². The number of ether oxygens (including phenoxy) is 2. The summed E-state index contributed by atoms with van der Waals surface area (Å²) in [4.78, 5) is 21.7. The molecule has 0 fully saturated rings. The first-order valence-corrected chi connectivity index (χ1v) is 8.62. The second-order valence-corrected chi connectivity index (χ2v) is 6.02. The van der Waals surface area contributed by atoms with Gasteiger partial charge in [0.25, 0.3) is 5.91 Å². The van der Waals surface area contributed by atoms with Crippen molar-refractivity contribution in [2.45, 2.75) is 0 Å². The molecule has 2 heterocycles. The van der Waals surface area contributed by atoms with Crippen LogP contribution in [-0.2, 0) is 0 Å². The number of imidazole rings is 1. The van der Waals surface area contributed by atoms with Crippen molar-refractivity contribution < 1.29 is 14.3 Å². The molecule has 1 N–H and O–H groups in total. The van der Waals surface area contributed by atoms with E-state index in [0.717, 1.165) is 11.3 Å². The minimum absolute atomic E-state index is 0.283. The molecule has 28 heavy (non-hydrogen) atoms. The van der Waals surface area contributed by atoms with Gasteiger partial charge in [-0.05, 0) is 24.3 Å². The van der Waals surface area contributed by atoms with Crippen LogP contribution < -0.4 is 14.8 Å². The van der Waals surface area contributed by atoms with Gasteiger partial charge in [-0.3, -0.25) is 9.20 Å². The van der Waals surface area contributed by atoms with E-state index >= 15 is 0 Å².